The minimum atomic E-state index is -0.922. The van der Waals surface area contributed by atoms with Gasteiger partial charge >= 0.3 is 12.0 Å². The molecule has 1 unspecified atom stereocenters. The summed E-state index contributed by atoms with van der Waals surface area (Å²) >= 11 is 6.35. The maximum atomic E-state index is 12.5. The molecule has 2 aromatic carbocycles. The summed E-state index contributed by atoms with van der Waals surface area (Å²) in [5, 5.41) is 12.5. The van der Waals surface area contributed by atoms with Crippen molar-refractivity contribution in [2.45, 2.75) is 18.8 Å². The van der Waals surface area contributed by atoms with Crippen LogP contribution in [-0.4, -0.2) is 54.3 Å². The van der Waals surface area contributed by atoms with Crippen LogP contribution in [0.4, 0.5) is 0 Å². The number of amides is 1. The topological polar surface area (TPSA) is 129 Å². The number of halogens is 1. The van der Waals surface area contributed by atoms with Gasteiger partial charge in [0.25, 0.3) is 5.91 Å². The molecule has 0 radical (unpaired) electrons. The molecule has 0 saturated carbocycles. The van der Waals surface area contributed by atoms with E-state index in [2.05, 4.69) is 15.3 Å². The van der Waals surface area contributed by atoms with Gasteiger partial charge in [0.05, 0.1) is 31.8 Å². The van der Waals surface area contributed by atoms with Crippen molar-refractivity contribution in [2.24, 2.45) is 0 Å². The third-order valence-corrected chi connectivity index (χ3v) is 5.90. The van der Waals surface area contributed by atoms with Crippen molar-refractivity contribution >= 4 is 23.5 Å². The van der Waals surface area contributed by atoms with Crippen molar-refractivity contribution in [1.82, 2.24) is 15.3 Å². The highest BCUT2D eigenvalue weighted by Gasteiger charge is 2.29. The normalized spacial score (nSPS) is 14.2. The van der Waals surface area contributed by atoms with Gasteiger partial charge in [0.2, 0.25) is 5.88 Å². The number of benzene rings is 2. The van der Waals surface area contributed by atoms with Crippen LogP contribution in [0.1, 0.15) is 33.8 Å². The predicted molar refractivity (Wildman–Crippen MR) is 130 cm³/mol. The molecule has 0 fully saturated rings. The lowest BCUT2D eigenvalue weighted by Gasteiger charge is -2.24. The molecule has 2 heterocycles. The highest BCUT2D eigenvalue weighted by Crippen LogP contribution is 2.41. The van der Waals surface area contributed by atoms with E-state index in [4.69, 9.17) is 30.5 Å². The van der Waals surface area contributed by atoms with Gasteiger partial charge < -0.3 is 29.4 Å². The summed E-state index contributed by atoms with van der Waals surface area (Å²) in [6.07, 6.45) is 2.45. The molecule has 1 atom stereocenters. The van der Waals surface area contributed by atoms with Crippen LogP contribution in [0.5, 0.6) is 29.1 Å². The quantitative estimate of drug-likeness (QED) is 0.438. The first-order valence-electron chi connectivity index (χ1n) is 11.1. The summed E-state index contributed by atoms with van der Waals surface area (Å²) in [5.41, 5.74) is 1.71. The van der Waals surface area contributed by atoms with Gasteiger partial charge in [-0.2, -0.15) is 4.98 Å². The molecule has 36 heavy (non-hydrogen) atoms. The number of carboxylic acids is 1. The Bertz CT molecular complexity index is 1270. The first kappa shape index (κ1) is 25.1. The Morgan fingerprint density at radius 2 is 1.97 bits per heavy atom. The largest absolute Gasteiger partial charge is 0.493 e. The summed E-state index contributed by atoms with van der Waals surface area (Å²) in [7, 11) is 2.97. The Kier molecular flexibility index (Phi) is 7.74. The molecule has 0 bridgehead atoms. The van der Waals surface area contributed by atoms with Crippen molar-refractivity contribution in [3.8, 4) is 29.1 Å². The van der Waals surface area contributed by atoms with Gasteiger partial charge in [-0.1, -0.05) is 11.6 Å². The predicted octanol–water partition coefficient (Wildman–Crippen LogP) is 3.86. The molecule has 4 rings (SSSR count). The van der Waals surface area contributed by atoms with E-state index in [1.807, 2.05) is 0 Å². The number of carboxylic acid groups (broad SMARTS) is 1. The number of aromatic nitrogens is 2. The maximum absolute atomic E-state index is 12.5. The monoisotopic (exact) mass is 513 g/mol. The maximum Gasteiger partial charge on any atom is 0.319 e. The number of fused-ring (bicyclic) bond motifs is 1. The Morgan fingerprint density at radius 1 is 1.19 bits per heavy atom. The summed E-state index contributed by atoms with van der Waals surface area (Å²) < 4.78 is 21.7. The summed E-state index contributed by atoms with van der Waals surface area (Å²) in [6, 6.07) is 9.91. The molecule has 2 N–H and O–H groups in total. The van der Waals surface area contributed by atoms with E-state index < -0.39 is 11.9 Å². The van der Waals surface area contributed by atoms with E-state index in [1.165, 1.54) is 14.2 Å². The second kappa shape index (κ2) is 11.1. The molecule has 0 spiro atoms. The highest BCUT2D eigenvalue weighted by molar-refractivity contribution is 6.32. The molecule has 1 aliphatic rings. The number of hydrogen-bond donors (Lipinski definition) is 2. The van der Waals surface area contributed by atoms with Crippen molar-refractivity contribution in [1.29, 1.82) is 0 Å². The number of ether oxygens (including phenoxy) is 4. The number of methoxy groups -OCH3 is 2. The van der Waals surface area contributed by atoms with E-state index in [0.717, 1.165) is 5.56 Å². The summed E-state index contributed by atoms with van der Waals surface area (Å²) in [4.78, 5) is 32.2. The number of nitrogens with one attached hydrogen (secondary N) is 1. The molecular weight excluding hydrogens is 490 g/mol. The zero-order chi connectivity index (χ0) is 25.7. The fourth-order valence-corrected chi connectivity index (χ4v) is 3.97. The molecule has 10 nitrogen and oxygen atoms in total. The number of hydrogen-bond acceptors (Lipinski definition) is 8. The molecule has 188 valence electrons. The molecule has 1 aliphatic heterocycles. The van der Waals surface area contributed by atoms with Gasteiger partial charge in [-0.15, -0.1) is 0 Å². The Labute approximate surface area is 212 Å². The SMILES string of the molecule is COc1ncc(CCNC(=O)c2ccc(Oc3cc4c(cc3Cl)C(C(=O)O)CCO4)cc2)c(OC)n1. The van der Waals surface area contributed by atoms with Crippen LogP contribution in [0.2, 0.25) is 5.02 Å². The Hall–Kier alpha value is -4.05. The third kappa shape index (κ3) is 5.60. The summed E-state index contributed by atoms with van der Waals surface area (Å²) in [5.74, 6) is -0.236. The lowest BCUT2D eigenvalue weighted by atomic mass is 9.93. The van der Waals surface area contributed by atoms with Gasteiger partial charge in [-0.05, 0) is 43.2 Å². The van der Waals surface area contributed by atoms with E-state index in [0.29, 0.717) is 60.2 Å². The minimum Gasteiger partial charge on any atom is -0.493 e. The fraction of sp³-hybridized carbons (Fsp3) is 0.280. The van der Waals surface area contributed by atoms with Gasteiger partial charge in [0.1, 0.15) is 17.2 Å². The van der Waals surface area contributed by atoms with Gasteiger partial charge in [0, 0.05) is 35.5 Å². The van der Waals surface area contributed by atoms with E-state index >= 15 is 0 Å². The number of nitrogens with zero attached hydrogens (tertiary/aromatic N) is 2. The third-order valence-electron chi connectivity index (χ3n) is 5.60. The van der Waals surface area contributed by atoms with Gasteiger partial charge in [-0.25, -0.2) is 4.98 Å². The van der Waals surface area contributed by atoms with E-state index in [9.17, 15) is 14.7 Å². The number of aliphatic carboxylic acids is 1. The molecule has 3 aromatic rings. The average Bonchev–Trinajstić information content (AvgIpc) is 2.89. The standard InChI is InChI=1S/C25H24ClN3O7/c1-33-23-15(13-28-25(29-23)34-2)7-9-27-22(30)14-3-5-16(6-4-14)36-21-12-20-18(11-19(21)26)17(24(31)32)8-10-35-20/h3-6,11-13,17H,7-10H2,1-2H3,(H,27,30)(H,31,32). The zero-order valence-corrected chi connectivity index (χ0v) is 20.4. The Balaban J connectivity index is 1.37. The number of carbonyl (C=O) groups excluding carboxylic acids is 1. The lowest BCUT2D eigenvalue weighted by Crippen LogP contribution is -2.25. The van der Waals surface area contributed by atoms with Gasteiger partial charge in [-0.3, -0.25) is 9.59 Å². The minimum absolute atomic E-state index is 0.204. The molecule has 0 aliphatic carbocycles. The smallest absolute Gasteiger partial charge is 0.319 e. The van der Waals surface area contributed by atoms with Crippen molar-refractivity contribution in [3.63, 3.8) is 0 Å². The summed E-state index contributed by atoms with van der Waals surface area (Å²) in [6.45, 7) is 0.651. The van der Waals surface area contributed by atoms with Crippen LogP contribution in [0, 0.1) is 0 Å². The number of rotatable bonds is 9. The Morgan fingerprint density at radius 3 is 2.67 bits per heavy atom. The van der Waals surface area contributed by atoms with Crippen LogP contribution >= 0.6 is 11.6 Å². The van der Waals surface area contributed by atoms with E-state index in [-0.39, 0.29) is 16.9 Å². The second-order valence-electron chi connectivity index (χ2n) is 7.87. The van der Waals surface area contributed by atoms with Crippen LogP contribution < -0.4 is 24.3 Å². The lowest BCUT2D eigenvalue weighted by molar-refractivity contribution is -0.139. The molecular formula is C25H24ClN3O7. The average molecular weight is 514 g/mol. The highest BCUT2D eigenvalue weighted by atomic mass is 35.5. The van der Waals surface area contributed by atoms with Crippen molar-refractivity contribution in [2.75, 3.05) is 27.4 Å². The first-order chi connectivity index (χ1) is 17.4. The van der Waals surface area contributed by atoms with Crippen LogP contribution in [0.25, 0.3) is 0 Å². The number of carbonyl (C=O) groups is 2. The molecule has 11 heteroatoms. The fourth-order valence-electron chi connectivity index (χ4n) is 3.76. The second-order valence-corrected chi connectivity index (χ2v) is 8.28. The molecule has 1 amide bonds. The van der Waals surface area contributed by atoms with Crippen LogP contribution in [-0.2, 0) is 11.2 Å². The van der Waals surface area contributed by atoms with Gasteiger partial charge in [0.15, 0.2) is 0 Å². The zero-order valence-electron chi connectivity index (χ0n) is 19.6. The molecule has 1 aromatic heterocycles. The van der Waals surface area contributed by atoms with Crippen molar-refractivity contribution in [3.05, 3.63) is 64.3 Å². The van der Waals surface area contributed by atoms with Crippen LogP contribution in [0.15, 0.2) is 42.6 Å². The molecule has 0 saturated heterocycles. The van der Waals surface area contributed by atoms with Crippen LogP contribution in [0.3, 0.4) is 0 Å². The first-order valence-corrected chi connectivity index (χ1v) is 11.5. The van der Waals surface area contributed by atoms with Crippen molar-refractivity contribution < 1.29 is 33.6 Å². The van der Waals surface area contributed by atoms with E-state index in [1.54, 1.807) is 42.6 Å².